The van der Waals surface area contributed by atoms with E-state index in [9.17, 15) is 13.2 Å². The lowest BCUT2D eigenvalue weighted by atomic mass is 10.00. The molecule has 1 atom stereocenters. The van der Waals surface area contributed by atoms with Crippen LogP contribution in [-0.2, 0) is 14.8 Å². The molecule has 1 aliphatic rings. The predicted molar refractivity (Wildman–Crippen MR) is 87.0 cm³/mol. The van der Waals surface area contributed by atoms with E-state index in [-0.39, 0.29) is 18.3 Å². The zero-order valence-electron chi connectivity index (χ0n) is 13.5. The van der Waals surface area contributed by atoms with Crippen molar-refractivity contribution in [1.82, 2.24) is 4.31 Å². The molecule has 23 heavy (non-hydrogen) atoms. The van der Waals surface area contributed by atoms with E-state index in [1.165, 1.54) is 4.31 Å². The SMILES string of the molecule is CCCS(=O)(=O)N1CCC[C@@H](C(=O)Oc2ccc(OC)cc2)C1. The highest BCUT2D eigenvalue weighted by molar-refractivity contribution is 7.89. The van der Waals surface area contributed by atoms with Crippen LogP contribution in [0.5, 0.6) is 11.5 Å². The van der Waals surface area contributed by atoms with Crippen molar-refractivity contribution in [2.45, 2.75) is 26.2 Å². The summed E-state index contributed by atoms with van der Waals surface area (Å²) in [5.74, 6) is 0.431. The first-order chi connectivity index (χ1) is 11.0. The number of carbonyl (C=O) groups excluding carboxylic acids is 1. The van der Waals surface area contributed by atoms with Crippen LogP contribution in [0.4, 0.5) is 0 Å². The van der Waals surface area contributed by atoms with Crippen molar-refractivity contribution in [3.05, 3.63) is 24.3 Å². The van der Waals surface area contributed by atoms with E-state index < -0.39 is 15.9 Å². The molecule has 0 saturated carbocycles. The summed E-state index contributed by atoms with van der Waals surface area (Å²) in [6, 6.07) is 6.74. The fourth-order valence-electron chi connectivity index (χ4n) is 2.62. The van der Waals surface area contributed by atoms with E-state index in [1.54, 1.807) is 31.4 Å². The fraction of sp³-hybridized carbons (Fsp3) is 0.562. The molecule has 0 aliphatic carbocycles. The van der Waals surface area contributed by atoms with Gasteiger partial charge in [-0.25, -0.2) is 12.7 Å². The molecule has 0 radical (unpaired) electrons. The largest absolute Gasteiger partial charge is 0.497 e. The van der Waals surface area contributed by atoms with Crippen LogP contribution in [0.15, 0.2) is 24.3 Å². The summed E-state index contributed by atoms with van der Waals surface area (Å²) in [5, 5.41) is 0. The Hall–Kier alpha value is -1.60. The third-order valence-corrected chi connectivity index (χ3v) is 5.89. The molecule has 0 aromatic heterocycles. The van der Waals surface area contributed by atoms with Crippen LogP contribution in [0.3, 0.4) is 0 Å². The van der Waals surface area contributed by atoms with Gasteiger partial charge in [0.2, 0.25) is 10.0 Å². The first-order valence-electron chi connectivity index (χ1n) is 7.80. The van der Waals surface area contributed by atoms with Crippen molar-refractivity contribution in [3.63, 3.8) is 0 Å². The van der Waals surface area contributed by atoms with Gasteiger partial charge < -0.3 is 9.47 Å². The average molecular weight is 341 g/mol. The molecule has 0 N–H and O–H groups in total. The first kappa shape index (κ1) is 17.7. The maximum atomic E-state index is 12.3. The zero-order valence-corrected chi connectivity index (χ0v) is 14.3. The van der Waals surface area contributed by atoms with Crippen molar-refractivity contribution >= 4 is 16.0 Å². The van der Waals surface area contributed by atoms with Gasteiger partial charge in [0.1, 0.15) is 11.5 Å². The Balaban J connectivity index is 1.98. The Bertz CT molecular complexity index is 626. The third-order valence-electron chi connectivity index (χ3n) is 3.85. The smallest absolute Gasteiger partial charge is 0.315 e. The van der Waals surface area contributed by atoms with E-state index in [4.69, 9.17) is 9.47 Å². The summed E-state index contributed by atoms with van der Waals surface area (Å²) in [6.07, 6.45) is 1.89. The van der Waals surface area contributed by atoms with Crippen LogP contribution in [0, 0.1) is 5.92 Å². The Morgan fingerprint density at radius 2 is 1.91 bits per heavy atom. The summed E-state index contributed by atoms with van der Waals surface area (Å²) in [7, 11) is -1.71. The minimum atomic E-state index is -3.27. The number of methoxy groups -OCH3 is 1. The van der Waals surface area contributed by atoms with Crippen molar-refractivity contribution < 1.29 is 22.7 Å². The van der Waals surface area contributed by atoms with Gasteiger partial charge in [-0.15, -0.1) is 0 Å². The Morgan fingerprint density at radius 1 is 1.26 bits per heavy atom. The predicted octanol–water partition coefficient (Wildman–Crippen LogP) is 2.05. The zero-order chi connectivity index (χ0) is 16.9. The lowest BCUT2D eigenvalue weighted by molar-refractivity contribution is -0.140. The summed E-state index contributed by atoms with van der Waals surface area (Å²) in [6.45, 7) is 2.52. The maximum absolute atomic E-state index is 12.3. The van der Waals surface area contributed by atoms with Crippen molar-refractivity contribution in [2.24, 2.45) is 5.92 Å². The molecule has 1 heterocycles. The second kappa shape index (κ2) is 7.79. The van der Waals surface area contributed by atoms with E-state index in [0.29, 0.717) is 37.3 Å². The Morgan fingerprint density at radius 3 is 2.52 bits per heavy atom. The van der Waals surface area contributed by atoms with Gasteiger partial charge in [-0.1, -0.05) is 6.92 Å². The number of rotatable bonds is 6. The number of carbonyl (C=O) groups is 1. The molecular formula is C16H23NO5S. The van der Waals surface area contributed by atoms with E-state index in [0.717, 1.165) is 0 Å². The van der Waals surface area contributed by atoms with Crippen LogP contribution < -0.4 is 9.47 Å². The standard InChI is InChI=1S/C16H23NO5S/c1-3-11-23(19,20)17-10-4-5-13(12-17)16(18)22-15-8-6-14(21-2)7-9-15/h6-9,13H,3-5,10-12H2,1-2H3/t13-/m1/s1. The van der Waals surface area contributed by atoms with Gasteiger partial charge in [0.05, 0.1) is 18.8 Å². The normalized spacial score (nSPS) is 19.3. The van der Waals surface area contributed by atoms with Gasteiger partial charge in [0.25, 0.3) is 0 Å². The molecule has 0 amide bonds. The quantitative estimate of drug-likeness (QED) is 0.585. The minimum absolute atomic E-state index is 0.118. The van der Waals surface area contributed by atoms with Gasteiger partial charge in [0.15, 0.2) is 0 Å². The highest BCUT2D eigenvalue weighted by Crippen LogP contribution is 2.23. The summed E-state index contributed by atoms with van der Waals surface area (Å²) in [4.78, 5) is 12.3. The molecular weight excluding hydrogens is 318 g/mol. The monoisotopic (exact) mass is 341 g/mol. The number of benzene rings is 1. The number of nitrogens with zero attached hydrogens (tertiary/aromatic N) is 1. The van der Waals surface area contributed by atoms with Gasteiger partial charge in [-0.3, -0.25) is 4.79 Å². The van der Waals surface area contributed by atoms with Crippen LogP contribution in [0.2, 0.25) is 0 Å². The number of sulfonamides is 1. The topological polar surface area (TPSA) is 72.9 Å². The Kier molecular flexibility index (Phi) is 6.01. The molecule has 7 heteroatoms. The second-order valence-electron chi connectivity index (χ2n) is 5.61. The molecule has 6 nitrogen and oxygen atoms in total. The van der Waals surface area contributed by atoms with Crippen LogP contribution in [0.25, 0.3) is 0 Å². The highest BCUT2D eigenvalue weighted by Gasteiger charge is 2.32. The van der Waals surface area contributed by atoms with E-state index in [2.05, 4.69) is 0 Å². The second-order valence-corrected chi connectivity index (χ2v) is 7.70. The van der Waals surface area contributed by atoms with Gasteiger partial charge in [-0.2, -0.15) is 0 Å². The molecule has 1 fully saturated rings. The third kappa shape index (κ3) is 4.68. The molecule has 2 rings (SSSR count). The summed E-state index contributed by atoms with van der Waals surface area (Å²) >= 11 is 0. The molecule has 128 valence electrons. The average Bonchev–Trinajstić information content (AvgIpc) is 2.55. The van der Waals surface area contributed by atoms with E-state index >= 15 is 0 Å². The lowest BCUT2D eigenvalue weighted by Gasteiger charge is -2.30. The van der Waals surface area contributed by atoms with Gasteiger partial charge in [0, 0.05) is 13.1 Å². The molecule has 0 spiro atoms. The number of hydrogen-bond acceptors (Lipinski definition) is 5. The number of esters is 1. The van der Waals surface area contributed by atoms with Crippen molar-refractivity contribution in [1.29, 1.82) is 0 Å². The summed E-state index contributed by atoms with van der Waals surface area (Å²) < 4.78 is 36.1. The maximum Gasteiger partial charge on any atom is 0.315 e. The van der Waals surface area contributed by atoms with E-state index in [1.807, 2.05) is 6.92 Å². The van der Waals surface area contributed by atoms with Crippen LogP contribution in [-0.4, -0.2) is 44.6 Å². The van der Waals surface area contributed by atoms with Gasteiger partial charge in [-0.05, 0) is 43.5 Å². The van der Waals surface area contributed by atoms with Crippen molar-refractivity contribution in [3.8, 4) is 11.5 Å². The number of piperidine rings is 1. The van der Waals surface area contributed by atoms with Gasteiger partial charge >= 0.3 is 5.97 Å². The highest BCUT2D eigenvalue weighted by atomic mass is 32.2. The number of ether oxygens (including phenoxy) is 2. The lowest BCUT2D eigenvalue weighted by Crippen LogP contribution is -2.44. The van der Waals surface area contributed by atoms with Crippen molar-refractivity contribution in [2.75, 3.05) is 26.0 Å². The molecule has 1 saturated heterocycles. The van der Waals surface area contributed by atoms with Crippen LogP contribution in [0.1, 0.15) is 26.2 Å². The molecule has 1 aliphatic heterocycles. The number of hydrogen-bond donors (Lipinski definition) is 0. The van der Waals surface area contributed by atoms with Crippen LogP contribution >= 0.6 is 0 Å². The molecule has 0 bridgehead atoms. The molecule has 1 aromatic carbocycles. The molecule has 0 unspecified atom stereocenters. The first-order valence-corrected chi connectivity index (χ1v) is 9.40. The molecule has 1 aromatic rings. The Labute approximate surface area is 137 Å². The minimum Gasteiger partial charge on any atom is -0.497 e. The fourth-order valence-corrected chi connectivity index (χ4v) is 4.21. The summed E-state index contributed by atoms with van der Waals surface area (Å²) in [5.41, 5.74) is 0.